The topological polar surface area (TPSA) is 21.3 Å². The molecule has 0 spiro atoms. The first-order chi connectivity index (χ1) is 8.19. The van der Waals surface area contributed by atoms with Gasteiger partial charge in [-0.1, -0.05) is 25.0 Å². The van der Waals surface area contributed by atoms with Crippen molar-refractivity contribution in [2.45, 2.75) is 45.2 Å². The Morgan fingerprint density at radius 1 is 1.24 bits per heavy atom. The van der Waals surface area contributed by atoms with Gasteiger partial charge in [-0.15, -0.1) is 0 Å². The van der Waals surface area contributed by atoms with Crippen molar-refractivity contribution in [2.75, 3.05) is 7.11 Å². The van der Waals surface area contributed by atoms with E-state index >= 15 is 0 Å². The first-order valence-electron chi connectivity index (χ1n) is 6.59. The smallest absolute Gasteiger partial charge is 0.118 e. The van der Waals surface area contributed by atoms with Gasteiger partial charge in [0.25, 0.3) is 0 Å². The summed E-state index contributed by atoms with van der Waals surface area (Å²) >= 11 is 0. The average Bonchev–Trinajstić information content (AvgIpc) is 3.12. The summed E-state index contributed by atoms with van der Waals surface area (Å²) in [5.41, 5.74) is 1.33. The molecule has 2 atom stereocenters. The highest BCUT2D eigenvalue weighted by atomic mass is 16.5. The molecule has 94 valence electrons. The fourth-order valence-electron chi connectivity index (χ4n) is 2.34. The van der Waals surface area contributed by atoms with E-state index in [4.69, 9.17) is 4.74 Å². The Kier molecular flexibility index (Phi) is 4.06. The molecule has 1 unspecified atom stereocenters. The molecular weight excluding hydrogens is 210 g/mol. The van der Waals surface area contributed by atoms with Crippen LogP contribution in [-0.2, 0) is 0 Å². The van der Waals surface area contributed by atoms with E-state index in [1.165, 1.54) is 24.8 Å². The molecule has 0 aliphatic heterocycles. The summed E-state index contributed by atoms with van der Waals surface area (Å²) in [5.74, 6) is 1.91. The highest BCUT2D eigenvalue weighted by Gasteiger charge is 2.24. The minimum absolute atomic E-state index is 0.412. The van der Waals surface area contributed by atoms with Crippen LogP contribution in [0.25, 0.3) is 0 Å². The SMILES string of the molecule is COc1ccc([C@@H](C)NC(C)CC2CC2)cc1. The molecule has 2 rings (SSSR count). The molecule has 17 heavy (non-hydrogen) atoms. The Morgan fingerprint density at radius 3 is 2.41 bits per heavy atom. The van der Waals surface area contributed by atoms with Gasteiger partial charge >= 0.3 is 0 Å². The van der Waals surface area contributed by atoms with Crippen LogP contribution < -0.4 is 10.1 Å². The molecule has 1 aliphatic rings. The Hall–Kier alpha value is -1.02. The lowest BCUT2D eigenvalue weighted by Crippen LogP contribution is -2.29. The molecule has 0 heterocycles. The summed E-state index contributed by atoms with van der Waals surface area (Å²) in [6, 6.07) is 9.35. The maximum absolute atomic E-state index is 5.17. The van der Waals surface area contributed by atoms with Gasteiger partial charge in [0.2, 0.25) is 0 Å². The number of benzene rings is 1. The maximum Gasteiger partial charge on any atom is 0.118 e. The fraction of sp³-hybridized carbons (Fsp3) is 0.600. The lowest BCUT2D eigenvalue weighted by Gasteiger charge is -2.20. The van der Waals surface area contributed by atoms with Gasteiger partial charge in [0.15, 0.2) is 0 Å². The fourth-order valence-corrected chi connectivity index (χ4v) is 2.34. The second kappa shape index (κ2) is 5.54. The lowest BCUT2D eigenvalue weighted by atomic mass is 10.1. The lowest BCUT2D eigenvalue weighted by molar-refractivity contribution is 0.413. The van der Waals surface area contributed by atoms with Crippen LogP contribution in [0.15, 0.2) is 24.3 Å². The predicted octanol–water partition coefficient (Wildman–Crippen LogP) is 3.53. The summed E-state index contributed by atoms with van der Waals surface area (Å²) in [6.45, 7) is 4.52. The molecule has 1 aromatic rings. The molecule has 0 amide bonds. The maximum atomic E-state index is 5.17. The Balaban J connectivity index is 1.86. The van der Waals surface area contributed by atoms with Gasteiger partial charge in [-0.3, -0.25) is 0 Å². The highest BCUT2D eigenvalue weighted by Crippen LogP contribution is 2.33. The predicted molar refractivity (Wildman–Crippen MR) is 71.3 cm³/mol. The van der Waals surface area contributed by atoms with Crippen molar-refractivity contribution < 1.29 is 4.74 Å². The molecule has 1 N–H and O–H groups in total. The number of hydrogen-bond acceptors (Lipinski definition) is 2. The van der Waals surface area contributed by atoms with Crippen molar-refractivity contribution in [3.8, 4) is 5.75 Å². The average molecular weight is 233 g/mol. The zero-order valence-electron chi connectivity index (χ0n) is 11.1. The van der Waals surface area contributed by atoms with Crippen LogP contribution in [0.3, 0.4) is 0 Å². The first kappa shape index (κ1) is 12.4. The summed E-state index contributed by atoms with van der Waals surface area (Å²) in [5, 5.41) is 3.66. The minimum Gasteiger partial charge on any atom is -0.497 e. The monoisotopic (exact) mass is 233 g/mol. The zero-order chi connectivity index (χ0) is 12.3. The third-order valence-electron chi connectivity index (χ3n) is 3.53. The largest absolute Gasteiger partial charge is 0.497 e. The van der Waals surface area contributed by atoms with Crippen LogP contribution in [0.4, 0.5) is 0 Å². The molecular formula is C15H23NO. The van der Waals surface area contributed by atoms with E-state index in [1.54, 1.807) is 7.11 Å². The third kappa shape index (κ3) is 3.74. The van der Waals surface area contributed by atoms with E-state index < -0.39 is 0 Å². The van der Waals surface area contributed by atoms with Gasteiger partial charge < -0.3 is 10.1 Å². The summed E-state index contributed by atoms with van der Waals surface area (Å²) in [6.07, 6.45) is 4.19. The van der Waals surface area contributed by atoms with Gasteiger partial charge in [-0.05, 0) is 43.9 Å². The number of rotatable bonds is 6. The van der Waals surface area contributed by atoms with Crippen LogP contribution in [0.1, 0.15) is 44.7 Å². The molecule has 0 aromatic heterocycles. The van der Waals surface area contributed by atoms with Crippen molar-refractivity contribution in [3.05, 3.63) is 29.8 Å². The quantitative estimate of drug-likeness (QED) is 0.811. The van der Waals surface area contributed by atoms with Crippen LogP contribution >= 0.6 is 0 Å². The molecule has 0 bridgehead atoms. The van der Waals surface area contributed by atoms with Crippen LogP contribution in [-0.4, -0.2) is 13.2 Å². The first-order valence-corrected chi connectivity index (χ1v) is 6.59. The van der Waals surface area contributed by atoms with E-state index in [1.807, 2.05) is 12.1 Å². The molecule has 2 heteroatoms. The summed E-state index contributed by atoms with van der Waals surface area (Å²) < 4.78 is 5.17. The number of hydrogen-bond donors (Lipinski definition) is 1. The molecule has 1 saturated carbocycles. The van der Waals surface area contributed by atoms with Crippen molar-refractivity contribution in [2.24, 2.45) is 5.92 Å². The van der Waals surface area contributed by atoms with Gasteiger partial charge in [0.1, 0.15) is 5.75 Å². The van der Waals surface area contributed by atoms with Gasteiger partial charge in [0, 0.05) is 12.1 Å². The van der Waals surface area contributed by atoms with E-state index in [-0.39, 0.29) is 0 Å². The molecule has 1 aromatic carbocycles. The van der Waals surface area contributed by atoms with Crippen molar-refractivity contribution in [1.29, 1.82) is 0 Å². The molecule has 1 fully saturated rings. The van der Waals surface area contributed by atoms with Gasteiger partial charge in [-0.25, -0.2) is 0 Å². The van der Waals surface area contributed by atoms with Crippen LogP contribution in [0.5, 0.6) is 5.75 Å². The van der Waals surface area contributed by atoms with Crippen molar-refractivity contribution in [1.82, 2.24) is 5.32 Å². The molecule has 0 radical (unpaired) electrons. The van der Waals surface area contributed by atoms with E-state index in [0.29, 0.717) is 12.1 Å². The van der Waals surface area contributed by atoms with E-state index in [0.717, 1.165) is 11.7 Å². The van der Waals surface area contributed by atoms with Crippen molar-refractivity contribution in [3.63, 3.8) is 0 Å². The standard InChI is InChI=1S/C15H23NO/c1-11(10-13-4-5-13)16-12(2)14-6-8-15(17-3)9-7-14/h6-9,11-13,16H,4-5,10H2,1-3H3/t11?,12-/m1/s1. The minimum atomic E-state index is 0.412. The van der Waals surface area contributed by atoms with Gasteiger partial charge in [0.05, 0.1) is 7.11 Å². The van der Waals surface area contributed by atoms with Crippen LogP contribution in [0, 0.1) is 5.92 Å². The summed E-state index contributed by atoms with van der Waals surface area (Å²) in [7, 11) is 1.70. The normalized spacial score (nSPS) is 18.8. The molecule has 2 nitrogen and oxygen atoms in total. The van der Waals surface area contributed by atoms with Crippen molar-refractivity contribution >= 4 is 0 Å². The number of ether oxygens (including phenoxy) is 1. The number of nitrogens with one attached hydrogen (secondary N) is 1. The Morgan fingerprint density at radius 2 is 1.88 bits per heavy atom. The van der Waals surface area contributed by atoms with E-state index in [2.05, 4.69) is 31.3 Å². The molecule has 1 aliphatic carbocycles. The molecule has 0 saturated heterocycles. The van der Waals surface area contributed by atoms with Gasteiger partial charge in [-0.2, -0.15) is 0 Å². The Labute approximate surface area is 104 Å². The van der Waals surface area contributed by atoms with Crippen LogP contribution in [0.2, 0.25) is 0 Å². The third-order valence-corrected chi connectivity index (χ3v) is 3.53. The van der Waals surface area contributed by atoms with E-state index in [9.17, 15) is 0 Å². The summed E-state index contributed by atoms with van der Waals surface area (Å²) in [4.78, 5) is 0. The second-order valence-corrected chi connectivity index (χ2v) is 5.24. The second-order valence-electron chi connectivity index (χ2n) is 5.24. The highest BCUT2D eigenvalue weighted by molar-refractivity contribution is 5.28. The zero-order valence-corrected chi connectivity index (χ0v) is 11.1. The Bertz CT molecular complexity index is 342. The number of methoxy groups -OCH3 is 1.